The molecule has 15 heavy (non-hydrogen) atoms. The molecule has 0 atom stereocenters. The highest BCUT2D eigenvalue weighted by Crippen LogP contribution is 2.32. The standard InChI is InChI=1S/C8H10Cl4N2O/c1-3-5-13(6-4-2)7(15)8(9,10)14(11)12/h3-4H,1-2,5-6H2. The molecule has 0 aromatic heterocycles. The zero-order chi connectivity index (χ0) is 12.1. The number of amides is 1. The molecule has 0 unspecified atom stereocenters. The molecule has 0 N–H and O–H groups in total. The highest BCUT2D eigenvalue weighted by molar-refractivity contribution is 6.62. The van der Waals surface area contributed by atoms with Crippen LogP contribution in [0.4, 0.5) is 0 Å². The van der Waals surface area contributed by atoms with Crippen molar-refractivity contribution in [1.82, 2.24) is 8.84 Å². The van der Waals surface area contributed by atoms with E-state index in [1.807, 2.05) is 0 Å². The molecule has 0 aromatic carbocycles. The summed E-state index contributed by atoms with van der Waals surface area (Å²) in [7, 11) is 0. The lowest BCUT2D eigenvalue weighted by molar-refractivity contribution is -0.132. The van der Waals surface area contributed by atoms with Crippen molar-refractivity contribution in [3.63, 3.8) is 0 Å². The first-order valence-corrected chi connectivity index (χ1v) is 5.31. The van der Waals surface area contributed by atoms with E-state index in [1.54, 1.807) is 0 Å². The van der Waals surface area contributed by atoms with Gasteiger partial charge in [0, 0.05) is 13.1 Å². The highest BCUT2D eigenvalue weighted by atomic mass is 35.6. The van der Waals surface area contributed by atoms with Crippen molar-refractivity contribution in [2.24, 2.45) is 0 Å². The van der Waals surface area contributed by atoms with Gasteiger partial charge >= 0.3 is 0 Å². The smallest absolute Gasteiger partial charge is 0.277 e. The van der Waals surface area contributed by atoms with Gasteiger partial charge in [0.2, 0.25) is 0 Å². The molecule has 7 heteroatoms. The van der Waals surface area contributed by atoms with Gasteiger partial charge < -0.3 is 4.90 Å². The van der Waals surface area contributed by atoms with Gasteiger partial charge in [-0.2, -0.15) is 0 Å². The van der Waals surface area contributed by atoms with Crippen molar-refractivity contribution in [3.05, 3.63) is 25.3 Å². The summed E-state index contributed by atoms with van der Waals surface area (Å²) in [6, 6.07) is 0. The summed E-state index contributed by atoms with van der Waals surface area (Å²) >= 11 is 22.0. The lowest BCUT2D eigenvalue weighted by Crippen LogP contribution is -2.46. The molecule has 0 spiro atoms. The minimum Gasteiger partial charge on any atom is -0.331 e. The monoisotopic (exact) mass is 290 g/mol. The number of nitrogens with zero attached hydrogens (tertiary/aromatic N) is 2. The van der Waals surface area contributed by atoms with Gasteiger partial charge in [0.25, 0.3) is 10.4 Å². The second-order valence-electron chi connectivity index (χ2n) is 2.56. The van der Waals surface area contributed by atoms with E-state index in [2.05, 4.69) is 13.2 Å². The van der Waals surface area contributed by atoms with Crippen LogP contribution in [0.25, 0.3) is 0 Å². The Balaban J connectivity index is 4.75. The van der Waals surface area contributed by atoms with Crippen LogP contribution in [0.1, 0.15) is 0 Å². The van der Waals surface area contributed by atoms with Crippen molar-refractivity contribution in [2.45, 2.75) is 4.46 Å². The lowest BCUT2D eigenvalue weighted by atomic mass is 10.4. The summed E-state index contributed by atoms with van der Waals surface area (Å²) in [4.78, 5) is 13.0. The Hall–Kier alpha value is 0.0700. The van der Waals surface area contributed by atoms with Crippen LogP contribution in [0.2, 0.25) is 0 Å². The van der Waals surface area contributed by atoms with E-state index >= 15 is 0 Å². The number of hydrogen-bond acceptors (Lipinski definition) is 2. The number of carbonyl (C=O) groups excluding carboxylic acids is 1. The first-order chi connectivity index (χ1) is 6.87. The molecule has 0 bridgehead atoms. The van der Waals surface area contributed by atoms with Gasteiger partial charge in [-0.25, -0.2) is 0 Å². The Morgan fingerprint density at radius 2 is 1.60 bits per heavy atom. The summed E-state index contributed by atoms with van der Waals surface area (Å²) in [6.07, 6.45) is 3.05. The molecule has 0 aliphatic carbocycles. The van der Waals surface area contributed by atoms with Crippen LogP contribution in [-0.2, 0) is 4.79 Å². The van der Waals surface area contributed by atoms with Crippen LogP contribution >= 0.6 is 46.8 Å². The first kappa shape index (κ1) is 15.1. The molecule has 1 amide bonds. The maximum Gasteiger partial charge on any atom is 0.277 e. The van der Waals surface area contributed by atoms with Crippen molar-refractivity contribution in [2.75, 3.05) is 13.1 Å². The van der Waals surface area contributed by atoms with E-state index in [1.165, 1.54) is 17.1 Å². The van der Waals surface area contributed by atoms with Crippen LogP contribution in [0, 0.1) is 0 Å². The van der Waals surface area contributed by atoms with E-state index in [-0.39, 0.29) is 13.1 Å². The fourth-order valence-corrected chi connectivity index (χ4v) is 1.20. The molecule has 86 valence electrons. The fourth-order valence-electron chi connectivity index (χ4n) is 0.815. The molecule has 3 nitrogen and oxygen atoms in total. The van der Waals surface area contributed by atoms with Gasteiger partial charge in [0.1, 0.15) is 0 Å². The Kier molecular flexibility index (Phi) is 6.64. The summed E-state index contributed by atoms with van der Waals surface area (Å²) in [5.41, 5.74) is 0. The second-order valence-corrected chi connectivity index (χ2v) is 4.70. The maximum absolute atomic E-state index is 11.7. The minimum atomic E-state index is -2.02. The lowest BCUT2D eigenvalue weighted by Gasteiger charge is -2.28. The quantitative estimate of drug-likeness (QED) is 0.325. The molecule has 0 saturated carbocycles. The topological polar surface area (TPSA) is 23.6 Å². The SMILES string of the molecule is C=CCN(CC=C)C(=O)C(Cl)(Cl)N(Cl)Cl. The molecular formula is C8H10Cl4N2O. The molecule has 0 heterocycles. The van der Waals surface area contributed by atoms with Gasteiger partial charge in [-0.1, -0.05) is 39.3 Å². The summed E-state index contributed by atoms with van der Waals surface area (Å²) in [5.74, 6) is -0.643. The first-order valence-electron chi connectivity index (χ1n) is 3.88. The number of hydrogen-bond donors (Lipinski definition) is 0. The number of alkyl halides is 2. The van der Waals surface area contributed by atoms with E-state index in [0.717, 1.165) is 0 Å². The van der Waals surface area contributed by atoms with E-state index in [4.69, 9.17) is 46.8 Å². The molecule has 0 fully saturated rings. The highest BCUT2D eigenvalue weighted by Gasteiger charge is 2.42. The summed E-state index contributed by atoms with van der Waals surface area (Å²) in [6.45, 7) is 7.54. The number of rotatable bonds is 6. The third kappa shape index (κ3) is 4.21. The summed E-state index contributed by atoms with van der Waals surface area (Å²) < 4.78 is -1.63. The number of halogens is 4. The predicted octanol–water partition coefficient (Wildman–Crippen LogP) is 2.93. The van der Waals surface area contributed by atoms with Crippen LogP contribution < -0.4 is 0 Å². The van der Waals surface area contributed by atoms with Gasteiger partial charge in [-0.3, -0.25) is 4.79 Å². The van der Waals surface area contributed by atoms with Gasteiger partial charge in [0.05, 0.1) is 0 Å². The van der Waals surface area contributed by atoms with E-state index in [0.29, 0.717) is 3.94 Å². The Morgan fingerprint density at radius 3 is 1.87 bits per heavy atom. The van der Waals surface area contributed by atoms with Crippen molar-refractivity contribution < 1.29 is 4.79 Å². The molecular weight excluding hydrogens is 282 g/mol. The van der Waals surface area contributed by atoms with Crippen LogP contribution in [-0.4, -0.2) is 32.3 Å². The van der Waals surface area contributed by atoms with Crippen molar-refractivity contribution >= 4 is 52.7 Å². The molecule has 0 rings (SSSR count). The minimum absolute atomic E-state index is 0.271. The zero-order valence-corrected chi connectivity index (χ0v) is 10.8. The Labute approximate surface area is 109 Å². The normalized spacial score (nSPS) is 11.3. The third-order valence-electron chi connectivity index (χ3n) is 1.46. The van der Waals surface area contributed by atoms with Crippen LogP contribution in [0.5, 0.6) is 0 Å². The maximum atomic E-state index is 11.7. The predicted molar refractivity (Wildman–Crippen MR) is 65.0 cm³/mol. The van der Waals surface area contributed by atoms with Gasteiger partial charge in [-0.05, 0) is 23.6 Å². The second kappa shape index (κ2) is 6.61. The molecule has 0 saturated heterocycles. The molecule has 0 aromatic rings. The van der Waals surface area contributed by atoms with Crippen LogP contribution in [0.3, 0.4) is 0 Å². The molecule has 0 aliphatic heterocycles. The number of carbonyl (C=O) groups is 1. The van der Waals surface area contributed by atoms with Gasteiger partial charge in [0.15, 0.2) is 0 Å². The van der Waals surface area contributed by atoms with Crippen molar-refractivity contribution in [1.29, 1.82) is 0 Å². The Bertz CT molecular complexity index is 245. The van der Waals surface area contributed by atoms with E-state index < -0.39 is 10.4 Å². The van der Waals surface area contributed by atoms with Crippen molar-refractivity contribution in [3.8, 4) is 0 Å². The van der Waals surface area contributed by atoms with E-state index in [9.17, 15) is 4.79 Å². The third-order valence-corrected chi connectivity index (χ3v) is 2.97. The van der Waals surface area contributed by atoms with Gasteiger partial charge in [-0.15, -0.1) is 13.2 Å². The fraction of sp³-hybridized carbons (Fsp3) is 0.375. The van der Waals surface area contributed by atoms with Crippen LogP contribution in [0.15, 0.2) is 25.3 Å². The molecule has 0 radical (unpaired) electrons. The molecule has 0 aliphatic rings. The largest absolute Gasteiger partial charge is 0.331 e. The summed E-state index contributed by atoms with van der Waals surface area (Å²) in [5, 5.41) is 0. The zero-order valence-electron chi connectivity index (χ0n) is 7.80. The average molecular weight is 292 g/mol. The Morgan fingerprint density at radius 1 is 1.20 bits per heavy atom. The average Bonchev–Trinajstić information content (AvgIpc) is 2.16.